The molecule has 1 aliphatic rings. The number of piperazine rings is 1. The Hall–Kier alpha value is -3.75. The number of nitrogens with one attached hydrogen (secondary N) is 1. The van der Waals surface area contributed by atoms with Gasteiger partial charge in [0.2, 0.25) is 15.9 Å². The molecule has 0 saturated carbocycles. The summed E-state index contributed by atoms with van der Waals surface area (Å²) in [6.07, 6.45) is -1.54. The molecule has 10 nitrogen and oxygen atoms in total. The highest BCUT2D eigenvalue weighted by molar-refractivity contribution is 7.89. The molecule has 1 atom stereocenters. The van der Waals surface area contributed by atoms with Crippen molar-refractivity contribution in [2.45, 2.75) is 77.3 Å². The van der Waals surface area contributed by atoms with E-state index in [9.17, 15) is 26.4 Å². The quantitative estimate of drug-likeness (QED) is 0.259. The highest BCUT2D eigenvalue weighted by atomic mass is 32.2. The molecule has 3 aromatic rings. The highest BCUT2D eigenvalue weighted by Crippen LogP contribution is 2.28. The minimum atomic E-state index is -4.92. The Morgan fingerprint density at radius 3 is 2.08 bits per heavy atom. The largest absolute Gasteiger partial charge is 0.573 e. The number of quaternary nitrogens is 1. The zero-order valence-electron chi connectivity index (χ0n) is 28.4. The summed E-state index contributed by atoms with van der Waals surface area (Å²) >= 11 is 0. The molecule has 1 fully saturated rings. The van der Waals surface area contributed by atoms with Gasteiger partial charge < -0.3 is 19.4 Å². The summed E-state index contributed by atoms with van der Waals surface area (Å²) < 4.78 is 71.6. The number of anilines is 1. The topological polar surface area (TPSA) is 105 Å². The molecular formula is C34H46F3N6O4S+. The number of aromatic nitrogens is 2. The molecular weight excluding hydrogens is 645 g/mol. The number of sulfonamides is 1. The van der Waals surface area contributed by atoms with E-state index >= 15 is 0 Å². The van der Waals surface area contributed by atoms with Gasteiger partial charge in [-0.3, -0.25) is 4.79 Å². The monoisotopic (exact) mass is 691 g/mol. The Morgan fingerprint density at radius 1 is 0.938 bits per heavy atom. The first-order valence-corrected chi connectivity index (χ1v) is 17.6. The van der Waals surface area contributed by atoms with E-state index in [1.54, 1.807) is 12.4 Å². The van der Waals surface area contributed by atoms with Crippen molar-refractivity contribution in [3.05, 3.63) is 77.7 Å². The van der Waals surface area contributed by atoms with Gasteiger partial charge in [-0.1, -0.05) is 45.0 Å². The van der Waals surface area contributed by atoms with Gasteiger partial charge in [-0.05, 0) is 61.6 Å². The molecule has 0 radical (unpaired) electrons. The molecule has 0 spiro atoms. The summed E-state index contributed by atoms with van der Waals surface area (Å²) in [5.41, 5.74) is 2.79. The van der Waals surface area contributed by atoms with Crippen LogP contribution in [-0.2, 0) is 33.3 Å². The first-order chi connectivity index (χ1) is 22.5. The van der Waals surface area contributed by atoms with Crippen molar-refractivity contribution < 1.29 is 35.6 Å². The molecule has 1 saturated heterocycles. The van der Waals surface area contributed by atoms with E-state index in [1.807, 2.05) is 29.2 Å². The van der Waals surface area contributed by atoms with Crippen LogP contribution in [0.25, 0.3) is 0 Å². The molecule has 1 N–H and O–H groups in total. The zero-order valence-corrected chi connectivity index (χ0v) is 29.2. The van der Waals surface area contributed by atoms with Crippen molar-refractivity contribution in [1.29, 1.82) is 0 Å². The lowest BCUT2D eigenvalue weighted by Crippen LogP contribution is -2.60. The zero-order chi connectivity index (χ0) is 35.3. The summed E-state index contributed by atoms with van der Waals surface area (Å²) in [6, 6.07) is 10.6. The number of halogens is 3. The van der Waals surface area contributed by atoms with Crippen LogP contribution < -0.4 is 15.0 Å². The molecule has 4 rings (SSSR count). The van der Waals surface area contributed by atoms with Gasteiger partial charge >= 0.3 is 6.36 Å². The summed E-state index contributed by atoms with van der Waals surface area (Å²) in [6.45, 7) is 16.7. The number of hydrogen-bond acceptors (Lipinski definition) is 7. The van der Waals surface area contributed by atoms with E-state index in [4.69, 9.17) is 0 Å². The SMILES string of the molecule is CC[N+](CC)(CC)Cc1cnc(N2CCN(S(=O)(=O)c3ccc(OC(F)(F)F)cc3)[C@@H](C(=O)NCc3ccc(C(C)(C)C)cc3)C2)cn1. The normalized spacial score (nSPS) is 16.5. The highest BCUT2D eigenvalue weighted by Gasteiger charge is 2.41. The van der Waals surface area contributed by atoms with Crippen LogP contribution in [0.3, 0.4) is 0 Å². The van der Waals surface area contributed by atoms with Gasteiger partial charge in [0.25, 0.3) is 0 Å². The summed E-state index contributed by atoms with van der Waals surface area (Å²) in [4.78, 5) is 24.6. The standard InChI is InChI=1S/C34H45F3N6O4S/c1-7-43(8-2,9-3)24-27-21-39-31(22-38-27)41-18-19-42(48(45,46)29-16-14-28(15-17-29)47-34(35,36)37)30(23-41)32(44)40-20-25-10-12-26(13-11-25)33(4,5)6/h10-17,21-22,30H,7-9,18-20,23-24H2,1-6H3/p+1/t30-/m1/s1. The fourth-order valence-electron chi connectivity index (χ4n) is 5.80. The lowest BCUT2D eigenvalue weighted by atomic mass is 9.87. The third-order valence-corrected chi connectivity index (χ3v) is 11.0. The lowest BCUT2D eigenvalue weighted by molar-refractivity contribution is -0.936. The molecule has 1 aliphatic heterocycles. The second-order valence-electron chi connectivity index (χ2n) is 13.1. The predicted octanol–water partition coefficient (Wildman–Crippen LogP) is 5.25. The minimum absolute atomic E-state index is 0.00377. The van der Waals surface area contributed by atoms with Crippen LogP contribution in [0.4, 0.5) is 19.0 Å². The van der Waals surface area contributed by atoms with Crippen molar-refractivity contribution in [3.8, 4) is 5.75 Å². The lowest BCUT2D eigenvalue weighted by Gasteiger charge is -2.40. The number of carbonyl (C=O) groups excluding carboxylic acids is 1. The van der Waals surface area contributed by atoms with Crippen LogP contribution in [0, 0.1) is 0 Å². The fraction of sp³-hybridized carbons (Fsp3) is 0.500. The second-order valence-corrected chi connectivity index (χ2v) is 15.0. The molecule has 2 aromatic carbocycles. The van der Waals surface area contributed by atoms with Crippen LogP contribution in [0.1, 0.15) is 58.4 Å². The number of alkyl halides is 3. The van der Waals surface area contributed by atoms with E-state index in [-0.39, 0.29) is 36.5 Å². The molecule has 2 heterocycles. The van der Waals surface area contributed by atoms with Gasteiger partial charge in [-0.15, -0.1) is 13.2 Å². The van der Waals surface area contributed by atoms with Gasteiger partial charge in [-0.2, -0.15) is 4.31 Å². The van der Waals surface area contributed by atoms with Gasteiger partial charge in [0, 0.05) is 26.2 Å². The maximum absolute atomic E-state index is 13.8. The maximum Gasteiger partial charge on any atom is 0.573 e. The third kappa shape index (κ3) is 9.03. The molecule has 14 heteroatoms. The molecule has 48 heavy (non-hydrogen) atoms. The van der Waals surface area contributed by atoms with Crippen LogP contribution in [0.15, 0.2) is 65.8 Å². The van der Waals surface area contributed by atoms with Gasteiger partial charge in [-0.25, -0.2) is 18.4 Å². The number of nitrogens with zero attached hydrogens (tertiary/aromatic N) is 5. The molecule has 0 unspecified atom stereocenters. The summed E-state index contributed by atoms with van der Waals surface area (Å²) in [5.74, 6) is -0.545. The molecule has 1 amide bonds. The Kier molecular flexibility index (Phi) is 11.4. The number of carbonyl (C=O) groups is 1. The predicted molar refractivity (Wildman–Crippen MR) is 178 cm³/mol. The number of rotatable bonds is 12. The van der Waals surface area contributed by atoms with Crippen LogP contribution in [0.5, 0.6) is 5.75 Å². The van der Waals surface area contributed by atoms with E-state index in [0.717, 1.165) is 76.1 Å². The van der Waals surface area contributed by atoms with Crippen molar-refractivity contribution in [3.63, 3.8) is 0 Å². The molecule has 1 aromatic heterocycles. The minimum Gasteiger partial charge on any atom is -0.406 e. The summed E-state index contributed by atoms with van der Waals surface area (Å²) in [7, 11) is -4.29. The third-order valence-electron chi connectivity index (χ3n) is 9.11. The maximum atomic E-state index is 13.8. The van der Waals surface area contributed by atoms with Crippen molar-refractivity contribution in [1.82, 2.24) is 19.6 Å². The number of hydrogen-bond donors (Lipinski definition) is 1. The van der Waals surface area contributed by atoms with E-state index in [2.05, 4.69) is 61.6 Å². The molecule has 0 aliphatic carbocycles. The van der Waals surface area contributed by atoms with Crippen molar-refractivity contribution in [2.24, 2.45) is 0 Å². The van der Waals surface area contributed by atoms with Crippen LogP contribution >= 0.6 is 0 Å². The smallest absolute Gasteiger partial charge is 0.406 e. The van der Waals surface area contributed by atoms with Gasteiger partial charge in [0.05, 0.1) is 36.9 Å². The number of ether oxygens (including phenoxy) is 1. The van der Waals surface area contributed by atoms with Gasteiger partial charge in [0.15, 0.2) is 0 Å². The van der Waals surface area contributed by atoms with E-state index in [1.165, 1.54) is 0 Å². The Morgan fingerprint density at radius 2 is 1.56 bits per heavy atom. The summed E-state index contributed by atoms with van der Waals surface area (Å²) in [5, 5.41) is 2.89. The van der Waals surface area contributed by atoms with Crippen molar-refractivity contribution >= 4 is 21.7 Å². The average molecular weight is 692 g/mol. The van der Waals surface area contributed by atoms with E-state index < -0.39 is 34.1 Å². The first kappa shape index (κ1) is 37.1. The Labute approximate surface area is 281 Å². The van der Waals surface area contributed by atoms with Crippen molar-refractivity contribution in [2.75, 3.05) is 44.2 Å². The van der Waals surface area contributed by atoms with Crippen LogP contribution in [0.2, 0.25) is 0 Å². The first-order valence-electron chi connectivity index (χ1n) is 16.2. The molecule has 262 valence electrons. The van der Waals surface area contributed by atoms with Crippen LogP contribution in [-0.4, -0.2) is 84.8 Å². The Bertz CT molecular complexity index is 1620. The molecule has 0 bridgehead atoms. The Balaban J connectivity index is 1.57. The van der Waals surface area contributed by atoms with Gasteiger partial charge in [0.1, 0.15) is 29.8 Å². The second kappa shape index (κ2) is 14.8. The number of benzene rings is 2. The number of amides is 1. The van der Waals surface area contributed by atoms with E-state index in [0.29, 0.717) is 5.82 Å². The fourth-order valence-corrected chi connectivity index (χ4v) is 7.37. The average Bonchev–Trinajstić information content (AvgIpc) is 3.05.